The van der Waals surface area contributed by atoms with Gasteiger partial charge in [0.1, 0.15) is 5.75 Å². The molecule has 2 heteroatoms. The molecular formula is C11H11IO. The number of ether oxygens (including phenoxy) is 1. The van der Waals surface area contributed by atoms with Gasteiger partial charge in [0.15, 0.2) is 0 Å². The second-order valence-electron chi connectivity index (χ2n) is 2.64. The Labute approximate surface area is 92.6 Å². The summed E-state index contributed by atoms with van der Waals surface area (Å²) >= 11 is 2.29. The van der Waals surface area contributed by atoms with Crippen molar-refractivity contribution >= 4 is 22.6 Å². The Hall–Kier alpha value is -0.690. The maximum atomic E-state index is 5.21. The van der Waals surface area contributed by atoms with Crippen LogP contribution in [-0.2, 0) is 6.42 Å². The van der Waals surface area contributed by atoms with Crippen LogP contribution in [0.15, 0.2) is 18.2 Å². The zero-order chi connectivity index (χ0) is 9.68. The van der Waals surface area contributed by atoms with Crippen LogP contribution in [-0.4, -0.2) is 7.11 Å². The van der Waals surface area contributed by atoms with Crippen molar-refractivity contribution in [3.05, 3.63) is 27.3 Å². The summed E-state index contributed by atoms with van der Waals surface area (Å²) in [6.45, 7) is 0. The van der Waals surface area contributed by atoms with Crippen LogP contribution >= 0.6 is 22.6 Å². The summed E-state index contributed by atoms with van der Waals surface area (Å²) in [5.74, 6) is 3.56. The summed E-state index contributed by atoms with van der Waals surface area (Å²) in [7, 11) is 1.68. The topological polar surface area (TPSA) is 9.23 Å². The number of terminal acetylenes is 1. The average molecular weight is 286 g/mol. The molecule has 0 bridgehead atoms. The van der Waals surface area contributed by atoms with Gasteiger partial charge in [-0.15, -0.1) is 12.3 Å². The molecule has 0 fully saturated rings. The highest BCUT2D eigenvalue weighted by molar-refractivity contribution is 14.1. The molecule has 0 radical (unpaired) electrons. The molecule has 0 saturated carbocycles. The first-order valence-electron chi connectivity index (χ1n) is 4.04. The molecule has 0 saturated heterocycles. The van der Waals surface area contributed by atoms with Gasteiger partial charge in [0, 0.05) is 6.42 Å². The lowest BCUT2D eigenvalue weighted by atomic mass is 10.1. The number of rotatable bonds is 3. The lowest BCUT2D eigenvalue weighted by molar-refractivity contribution is 0.411. The minimum absolute atomic E-state index is 0.781. The van der Waals surface area contributed by atoms with Gasteiger partial charge < -0.3 is 4.74 Å². The van der Waals surface area contributed by atoms with Crippen molar-refractivity contribution in [2.24, 2.45) is 0 Å². The Morgan fingerprint density at radius 1 is 1.54 bits per heavy atom. The number of benzene rings is 1. The molecule has 0 aliphatic carbocycles. The Morgan fingerprint density at radius 3 is 2.92 bits per heavy atom. The molecule has 1 aromatic rings. The van der Waals surface area contributed by atoms with Crippen LogP contribution in [0, 0.1) is 15.9 Å². The normalized spacial score (nSPS) is 9.31. The molecule has 1 aromatic carbocycles. The monoisotopic (exact) mass is 286 g/mol. The average Bonchev–Trinajstić information content (AvgIpc) is 2.16. The summed E-state index contributed by atoms with van der Waals surface area (Å²) in [5, 5.41) is 0. The molecule has 0 aromatic heterocycles. The van der Waals surface area contributed by atoms with E-state index in [0.29, 0.717) is 0 Å². The number of methoxy groups -OCH3 is 1. The lowest BCUT2D eigenvalue weighted by Crippen LogP contribution is -1.93. The first-order chi connectivity index (χ1) is 6.29. The highest BCUT2D eigenvalue weighted by Gasteiger charge is 2.03. The van der Waals surface area contributed by atoms with Gasteiger partial charge in [-0.3, -0.25) is 0 Å². The minimum atomic E-state index is 0.781. The molecular weight excluding hydrogens is 275 g/mol. The van der Waals surface area contributed by atoms with Gasteiger partial charge in [-0.1, -0.05) is 12.1 Å². The fraction of sp³-hybridized carbons (Fsp3) is 0.273. The van der Waals surface area contributed by atoms with Crippen molar-refractivity contribution in [3.63, 3.8) is 0 Å². The van der Waals surface area contributed by atoms with E-state index in [4.69, 9.17) is 11.2 Å². The van der Waals surface area contributed by atoms with Crippen LogP contribution in [0.5, 0.6) is 5.75 Å². The van der Waals surface area contributed by atoms with E-state index in [-0.39, 0.29) is 0 Å². The fourth-order valence-electron chi connectivity index (χ4n) is 1.11. The predicted molar refractivity (Wildman–Crippen MR) is 62.9 cm³/mol. The van der Waals surface area contributed by atoms with E-state index in [1.54, 1.807) is 7.11 Å². The van der Waals surface area contributed by atoms with Gasteiger partial charge in [0.25, 0.3) is 0 Å². The Bertz CT molecular complexity index is 325. The first kappa shape index (κ1) is 10.4. The molecule has 0 heterocycles. The zero-order valence-electron chi connectivity index (χ0n) is 7.51. The van der Waals surface area contributed by atoms with Crippen LogP contribution in [0.4, 0.5) is 0 Å². The Balaban J connectivity index is 2.89. The summed E-state index contributed by atoms with van der Waals surface area (Å²) in [5.41, 5.74) is 1.26. The van der Waals surface area contributed by atoms with Crippen LogP contribution in [0.2, 0.25) is 0 Å². The first-order valence-corrected chi connectivity index (χ1v) is 5.12. The minimum Gasteiger partial charge on any atom is -0.496 e. The molecule has 68 valence electrons. The van der Waals surface area contributed by atoms with E-state index in [1.807, 2.05) is 12.1 Å². The molecule has 1 nitrogen and oxygen atoms in total. The second-order valence-corrected chi connectivity index (χ2v) is 3.72. The summed E-state index contributed by atoms with van der Waals surface area (Å²) in [4.78, 5) is 0. The van der Waals surface area contributed by atoms with Gasteiger partial charge in [-0.25, -0.2) is 0 Å². The Morgan fingerprint density at radius 2 is 2.31 bits per heavy atom. The van der Waals surface area contributed by atoms with Crippen molar-refractivity contribution < 1.29 is 4.74 Å². The van der Waals surface area contributed by atoms with E-state index < -0.39 is 0 Å². The summed E-state index contributed by atoms with van der Waals surface area (Å²) < 4.78 is 6.37. The SMILES string of the molecule is C#CCCc1cccc(OC)c1I. The van der Waals surface area contributed by atoms with Gasteiger partial charge in [-0.05, 0) is 40.6 Å². The quantitative estimate of drug-likeness (QED) is 0.613. The molecule has 0 N–H and O–H groups in total. The summed E-state index contributed by atoms with van der Waals surface area (Å²) in [6, 6.07) is 6.04. The van der Waals surface area contributed by atoms with E-state index in [9.17, 15) is 0 Å². The second kappa shape index (κ2) is 5.13. The van der Waals surface area contributed by atoms with Gasteiger partial charge in [0.2, 0.25) is 0 Å². The molecule has 1 rings (SSSR count). The number of aryl methyl sites for hydroxylation is 1. The molecule has 0 aliphatic rings. The molecule has 0 unspecified atom stereocenters. The van der Waals surface area contributed by atoms with E-state index in [0.717, 1.165) is 22.2 Å². The van der Waals surface area contributed by atoms with Gasteiger partial charge >= 0.3 is 0 Å². The fourth-order valence-corrected chi connectivity index (χ4v) is 1.96. The molecule has 0 atom stereocenters. The van der Waals surface area contributed by atoms with Crippen molar-refractivity contribution in [1.82, 2.24) is 0 Å². The third kappa shape index (κ3) is 2.63. The van der Waals surface area contributed by atoms with Crippen molar-refractivity contribution in [1.29, 1.82) is 0 Å². The van der Waals surface area contributed by atoms with Crippen molar-refractivity contribution in [2.45, 2.75) is 12.8 Å². The van der Waals surface area contributed by atoms with Crippen LogP contribution in [0.25, 0.3) is 0 Å². The largest absolute Gasteiger partial charge is 0.496 e. The predicted octanol–water partition coefficient (Wildman–Crippen LogP) is 2.87. The van der Waals surface area contributed by atoms with Gasteiger partial charge in [-0.2, -0.15) is 0 Å². The molecule has 0 aliphatic heterocycles. The van der Waals surface area contributed by atoms with Crippen LogP contribution in [0.1, 0.15) is 12.0 Å². The van der Waals surface area contributed by atoms with E-state index in [2.05, 4.69) is 34.6 Å². The van der Waals surface area contributed by atoms with Crippen molar-refractivity contribution in [3.8, 4) is 18.1 Å². The zero-order valence-corrected chi connectivity index (χ0v) is 9.67. The van der Waals surface area contributed by atoms with Crippen LogP contribution in [0.3, 0.4) is 0 Å². The van der Waals surface area contributed by atoms with Gasteiger partial charge in [0.05, 0.1) is 10.7 Å². The Kier molecular flexibility index (Phi) is 4.10. The third-order valence-electron chi connectivity index (χ3n) is 1.80. The van der Waals surface area contributed by atoms with E-state index in [1.165, 1.54) is 5.56 Å². The maximum absolute atomic E-state index is 5.21. The number of halogens is 1. The molecule has 0 amide bonds. The number of hydrogen-bond donors (Lipinski definition) is 0. The lowest BCUT2D eigenvalue weighted by Gasteiger charge is -2.07. The van der Waals surface area contributed by atoms with Crippen molar-refractivity contribution in [2.75, 3.05) is 7.11 Å². The molecule has 13 heavy (non-hydrogen) atoms. The number of hydrogen-bond acceptors (Lipinski definition) is 1. The molecule has 0 spiro atoms. The van der Waals surface area contributed by atoms with E-state index >= 15 is 0 Å². The smallest absolute Gasteiger partial charge is 0.132 e. The maximum Gasteiger partial charge on any atom is 0.132 e. The highest BCUT2D eigenvalue weighted by atomic mass is 127. The third-order valence-corrected chi connectivity index (χ3v) is 3.03. The summed E-state index contributed by atoms with van der Waals surface area (Å²) in [6.07, 6.45) is 6.92. The standard InChI is InChI=1S/C11H11IO/c1-3-4-6-9-7-5-8-10(13-2)11(9)12/h1,5,7-8H,4,6H2,2H3. The van der Waals surface area contributed by atoms with Crippen LogP contribution < -0.4 is 4.74 Å². The highest BCUT2D eigenvalue weighted by Crippen LogP contribution is 2.24.